The van der Waals surface area contributed by atoms with Crippen LogP contribution >= 0.6 is 0 Å². The van der Waals surface area contributed by atoms with Crippen molar-refractivity contribution in [3.05, 3.63) is 0 Å². The highest BCUT2D eigenvalue weighted by atomic mass is 16.6. The van der Waals surface area contributed by atoms with Crippen LogP contribution in [0.3, 0.4) is 0 Å². The summed E-state index contributed by atoms with van der Waals surface area (Å²) in [6.45, 7) is 10.8. The molecular weight excluding hydrogens is 230 g/mol. The summed E-state index contributed by atoms with van der Waals surface area (Å²) in [6.07, 6.45) is 2.54. The molecule has 0 spiro atoms. The van der Waals surface area contributed by atoms with Crippen LogP contribution in [0.2, 0.25) is 0 Å². The average Bonchev–Trinajstić information content (AvgIpc) is 2.48. The van der Waals surface area contributed by atoms with Crippen molar-refractivity contribution in [3.8, 4) is 0 Å². The number of aliphatic hydroxyl groups is 1. The molecule has 1 rings (SSSR count). The van der Waals surface area contributed by atoms with E-state index in [2.05, 4.69) is 13.8 Å². The molecule has 4 nitrogen and oxygen atoms in total. The van der Waals surface area contributed by atoms with Gasteiger partial charge in [0.25, 0.3) is 0 Å². The molecule has 1 N–H and O–H groups in total. The Morgan fingerprint density at radius 1 is 1.44 bits per heavy atom. The molecule has 0 aromatic rings. The van der Waals surface area contributed by atoms with Gasteiger partial charge >= 0.3 is 6.09 Å². The van der Waals surface area contributed by atoms with Crippen molar-refractivity contribution in [1.29, 1.82) is 0 Å². The molecule has 0 radical (unpaired) electrons. The van der Waals surface area contributed by atoms with E-state index in [9.17, 15) is 4.79 Å². The Bertz CT molecular complexity index is 294. The highest BCUT2D eigenvalue weighted by Gasteiger charge is 2.42. The van der Waals surface area contributed by atoms with Gasteiger partial charge in [-0.2, -0.15) is 0 Å². The van der Waals surface area contributed by atoms with Gasteiger partial charge in [-0.1, -0.05) is 0 Å². The molecule has 0 aromatic heterocycles. The fourth-order valence-electron chi connectivity index (χ4n) is 2.60. The molecule has 1 aliphatic rings. The monoisotopic (exact) mass is 257 g/mol. The van der Waals surface area contributed by atoms with Crippen LogP contribution in [0.25, 0.3) is 0 Å². The van der Waals surface area contributed by atoms with Crippen molar-refractivity contribution in [2.45, 2.75) is 65.0 Å². The number of hydrogen-bond acceptors (Lipinski definition) is 3. The lowest BCUT2D eigenvalue weighted by Crippen LogP contribution is -2.45. The van der Waals surface area contributed by atoms with E-state index in [1.807, 2.05) is 25.7 Å². The summed E-state index contributed by atoms with van der Waals surface area (Å²) in [4.78, 5) is 14.0. The highest BCUT2D eigenvalue weighted by molar-refractivity contribution is 5.69. The van der Waals surface area contributed by atoms with E-state index in [1.54, 1.807) is 0 Å². The van der Waals surface area contributed by atoms with E-state index in [0.717, 1.165) is 25.8 Å². The molecule has 106 valence electrons. The Morgan fingerprint density at radius 2 is 2.06 bits per heavy atom. The molecule has 0 aromatic carbocycles. The van der Waals surface area contributed by atoms with Crippen LogP contribution in [0.4, 0.5) is 4.79 Å². The lowest BCUT2D eigenvalue weighted by molar-refractivity contribution is 0.0131. The number of carbonyl (C=O) groups excluding carboxylic acids is 1. The first-order chi connectivity index (χ1) is 8.15. The smallest absolute Gasteiger partial charge is 0.410 e. The summed E-state index contributed by atoms with van der Waals surface area (Å²) in [5.41, 5.74) is -0.598. The topological polar surface area (TPSA) is 49.8 Å². The predicted octanol–water partition coefficient (Wildman–Crippen LogP) is 2.79. The number of hydrogen-bond donors (Lipinski definition) is 1. The lowest BCUT2D eigenvalue weighted by Gasteiger charge is -2.33. The normalized spacial score (nSPS) is 23.2. The third-order valence-corrected chi connectivity index (χ3v) is 3.34. The zero-order valence-electron chi connectivity index (χ0n) is 12.3. The quantitative estimate of drug-likeness (QED) is 0.845. The summed E-state index contributed by atoms with van der Waals surface area (Å²) in [7, 11) is 0. The maximum atomic E-state index is 12.2. The van der Waals surface area contributed by atoms with Crippen LogP contribution in [0.15, 0.2) is 0 Å². The second kappa shape index (κ2) is 5.47. The number of rotatable bonds is 3. The minimum atomic E-state index is -0.448. The van der Waals surface area contributed by atoms with Gasteiger partial charge in [0, 0.05) is 18.7 Å². The van der Waals surface area contributed by atoms with Crippen LogP contribution in [-0.4, -0.2) is 40.4 Å². The SMILES string of the molecule is CC(C)(C)OC(=O)N1C[C@@H](CCCO)CC1(C)C. The minimum absolute atomic E-state index is 0.150. The van der Waals surface area contributed by atoms with Gasteiger partial charge in [-0.3, -0.25) is 0 Å². The van der Waals surface area contributed by atoms with Gasteiger partial charge in [0.15, 0.2) is 0 Å². The summed E-state index contributed by atoms with van der Waals surface area (Å²) in [5, 5.41) is 8.88. The number of likely N-dealkylation sites (tertiary alicyclic amines) is 1. The van der Waals surface area contributed by atoms with Gasteiger partial charge in [0.2, 0.25) is 0 Å². The molecule has 18 heavy (non-hydrogen) atoms. The van der Waals surface area contributed by atoms with E-state index in [1.165, 1.54) is 0 Å². The van der Waals surface area contributed by atoms with E-state index >= 15 is 0 Å². The fourth-order valence-corrected chi connectivity index (χ4v) is 2.60. The number of nitrogens with zero attached hydrogens (tertiary/aromatic N) is 1. The molecule has 0 aliphatic carbocycles. The third-order valence-electron chi connectivity index (χ3n) is 3.34. The number of amides is 1. The molecule has 0 unspecified atom stereocenters. The molecule has 1 amide bonds. The molecule has 0 bridgehead atoms. The Balaban J connectivity index is 2.62. The third kappa shape index (κ3) is 4.16. The van der Waals surface area contributed by atoms with Crippen molar-refractivity contribution >= 4 is 6.09 Å². The zero-order chi connectivity index (χ0) is 14.0. The van der Waals surface area contributed by atoms with Gasteiger partial charge in [0.05, 0.1) is 0 Å². The zero-order valence-corrected chi connectivity index (χ0v) is 12.3. The number of aliphatic hydroxyl groups excluding tert-OH is 1. The van der Waals surface area contributed by atoms with Gasteiger partial charge in [0.1, 0.15) is 5.60 Å². The van der Waals surface area contributed by atoms with Crippen LogP contribution in [0.5, 0.6) is 0 Å². The summed E-state index contributed by atoms with van der Waals surface area (Å²) < 4.78 is 5.45. The molecular formula is C14H27NO3. The van der Waals surface area contributed by atoms with Crippen molar-refractivity contribution < 1.29 is 14.6 Å². The van der Waals surface area contributed by atoms with Gasteiger partial charge in [-0.15, -0.1) is 0 Å². The Hall–Kier alpha value is -0.770. The fraction of sp³-hybridized carbons (Fsp3) is 0.929. The van der Waals surface area contributed by atoms with E-state index in [0.29, 0.717) is 5.92 Å². The second-order valence-corrected chi connectivity index (χ2v) is 6.84. The Morgan fingerprint density at radius 3 is 2.56 bits per heavy atom. The summed E-state index contributed by atoms with van der Waals surface area (Å²) >= 11 is 0. The molecule has 1 heterocycles. The number of ether oxygens (including phenoxy) is 1. The standard InChI is InChI=1S/C14H27NO3/c1-13(2,3)18-12(17)15-10-11(7-6-8-16)9-14(15,4)5/h11,16H,6-10H2,1-5H3/t11-/m0/s1. The van der Waals surface area contributed by atoms with Gasteiger partial charge in [-0.25, -0.2) is 4.79 Å². The Labute approximate surface area is 110 Å². The maximum Gasteiger partial charge on any atom is 0.410 e. The molecule has 0 saturated carbocycles. The van der Waals surface area contributed by atoms with Crippen molar-refractivity contribution in [3.63, 3.8) is 0 Å². The maximum absolute atomic E-state index is 12.2. The van der Waals surface area contributed by atoms with Crippen LogP contribution in [0.1, 0.15) is 53.9 Å². The summed E-state index contributed by atoms with van der Waals surface area (Å²) in [6, 6.07) is 0. The predicted molar refractivity (Wildman–Crippen MR) is 71.4 cm³/mol. The van der Waals surface area contributed by atoms with E-state index in [4.69, 9.17) is 9.84 Å². The van der Waals surface area contributed by atoms with Crippen molar-refractivity contribution in [1.82, 2.24) is 4.90 Å². The molecule has 1 aliphatic heterocycles. The van der Waals surface area contributed by atoms with Crippen molar-refractivity contribution in [2.75, 3.05) is 13.2 Å². The molecule has 1 saturated heterocycles. The van der Waals surface area contributed by atoms with Crippen LogP contribution in [0, 0.1) is 5.92 Å². The first-order valence-electron chi connectivity index (χ1n) is 6.77. The van der Waals surface area contributed by atoms with Gasteiger partial charge < -0.3 is 14.7 Å². The largest absolute Gasteiger partial charge is 0.444 e. The molecule has 1 fully saturated rings. The molecule has 4 heteroatoms. The number of carbonyl (C=O) groups is 1. The Kier molecular flexibility index (Phi) is 4.65. The minimum Gasteiger partial charge on any atom is -0.444 e. The van der Waals surface area contributed by atoms with Crippen molar-refractivity contribution in [2.24, 2.45) is 5.92 Å². The van der Waals surface area contributed by atoms with Crippen LogP contribution in [-0.2, 0) is 4.74 Å². The highest BCUT2D eigenvalue weighted by Crippen LogP contribution is 2.35. The second-order valence-electron chi connectivity index (χ2n) is 6.84. The van der Waals surface area contributed by atoms with Gasteiger partial charge in [-0.05, 0) is 59.8 Å². The molecule has 1 atom stereocenters. The van der Waals surface area contributed by atoms with E-state index < -0.39 is 5.60 Å². The first kappa shape index (κ1) is 15.3. The van der Waals surface area contributed by atoms with E-state index in [-0.39, 0.29) is 18.2 Å². The first-order valence-corrected chi connectivity index (χ1v) is 6.77. The summed E-state index contributed by atoms with van der Waals surface area (Å²) in [5.74, 6) is 0.472. The lowest BCUT2D eigenvalue weighted by atomic mass is 9.93. The van der Waals surface area contributed by atoms with Crippen LogP contribution < -0.4 is 0 Å². The average molecular weight is 257 g/mol.